The maximum Gasteiger partial charge on any atom is 0.166 e. The SMILES string of the molecule is CCCNC(=S)NC(CN(C)C)C(C)C. The molecule has 0 aromatic carbocycles. The van der Waals surface area contributed by atoms with Gasteiger partial charge in [0.25, 0.3) is 0 Å². The molecule has 0 aromatic heterocycles. The van der Waals surface area contributed by atoms with Gasteiger partial charge in [-0.05, 0) is 38.7 Å². The van der Waals surface area contributed by atoms with Gasteiger partial charge in [0.2, 0.25) is 0 Å². The molecule has 0 bridgehead atoms. The van der Waals surface area contributed by atoms with Gasteiger partial charge < -0.3 is 15.5 Å². The molecule has 0 rings (SSSR count). The minimum atomic E-state index is 0.414. The van der Waals surface area contributed by atoms with Gasteiger partial charge in [0.05, 0.1) is 0 Å². The van der Waals surface area contributed by atoms with Crippen LogP contribution in [0.15, 0.2) is 0 Å². The summed E-state index contributed by atoms with van der Waals surface area (Å²) >= 11 is 5.23. The highest BCUT2D eigenvalue weighted by molar-refractivity contribution is 7.80. The first-order valence-corrected chi connectivity index (χ1v) is 6.07. The van der Waals surface area contributed by atoms with E-state index in [2.05, 4.69) is 50.4 Å². The predicted molar refractivity (Wildman–Crippen MR) is 71.2 cm³/mol. The lowest BCUT2D eigenvalue weighted by atomic mass is 10.0. The van der Waals surface area contributed by atoms with E-state index in [1.165, 1.54) is 0 Å². The van der Waals surface area contributed by atoms with Crippen LogP contribution in [0.5, 0.6) is 0 Å². The molecule has 15 heavy (non-hydrogen) atoms. The van der Waals surface area contributed by atoms with Crippen LogP contribution in [-0.4, -0.2) is 43.2 Å². The minimum absolute atomic E-state index is 0.414. The number of nitrogens with one attached hydrogen (secondary N) is 2. The third-order valence-electron chi connectivity index (χ3n) is 2.22. The van der Waals surface area contributed by atoms with E-state index in [1.807, 2.05) is 0 Å². The van der Waals surface area contributed by atoms with Crippen molar-refractivity contribution in [3.63, 3.8) is 0 Å². The van der Waals surface area contributed by atoms with Crippen molar-refractivity contribution in [3.8, 4) is 0 Å². The molecule has 0 saturated carbocycles. The Kier molecular flexibility index (Phi) is 7.70. The molecule has 0 radical (unpaired) electrons. The zero-order valence-electron chi connectivity index (χ0n) is 10.6. The van der Waals surface area contributed by atoms with Crippen molar-refractivity contribution in [2.45, 2.75) is 33.2 Å². The Hall–Kier alpha value is -0.350. The topological polar surface area (TPSA) is 27.3 Å². The number of likely N-dealkylation sites (N-methyl/N-ethyl adjacent to an activating group) is 1. The molecule has 1 atom stereocenters. The smallest absolute Gasteiger partial charge is 0.166 e. The normalized spacial score (nSPS) is 13.0. The Balaban J connectivity index is 3.99. The van der Waals surface area contributed by atoms with E-state index in [-0.39, 0.29) is 0 Å². The molecule has 0 aliphatic heterocycles. The summed E-state index contributed by atoms with van der Waals surface area (Å²) in [5, 5.41) is 7.33. The van der Waals surface area contributed by atoms with Crippen molar-refractivity contribution < 1.29 is 0 Å². The molecule has 0 fully saturated rings. The van der Waals surface area contributed by atoms with Gasteiger partial charge >= 0.3 is 0 Å². The lowest BCUT2D eigenvalue weighted by Gasteiger charge is -2.27. The average Bonchev–Trinajstić information content (AvgIpc) is 2.12. The molecule has 90 valence electrons. The molecule has 2 N–H and O–H groups in total. The van der Waals surface area contributed by atoms with Crippen LogP contribution in [0.25, 0.3) is 0 Å². The maximum atomic E-state index is 5.23. The van der Waals surface area contributed by atoms with Gasteiger partial charge in [0.1, 0.15) is 0 Å². The van der Waals surface area contributed by atoms with Gasteiger partial charge in [0.15, 0.2) is 5.11 Å². The number of rotatable bonds is 6. The van der Waals surface area contributed by atoms with Crippen molar-refractivity contribution in [1.82, 2.24) is 15.5 Å². The summed E-state index contributed by atoms with van der Waals surface area (Å²) in [6, 6.07) is 0.414. The molecule has 0 aliphatic rings. The van der Waals surface area contributed by atoms with Crippen molar-refractivity contribution in [2.75, 3.05) is 27.2 Å². The Morgan fingerprint density at radius 3 is 2.33 bits per heavy atom. The second-order valence-corrected chi connectivity index (χ2v) is 4.92. The van der Waals surface area contributed by atoms with Crippen LogP contribution < -0.4 is 10.6 Å². The fraction of sp³-hybridized carbons (Fsp3) is 0.909. The Morgan fingerprint density at radius 2 is 1.93 bits per heavy atom. The molecule has 0 spiro atoms. The second kappa shape index (κ2) is 7.88. The van der Waals surface area contributed by atoms with E-state index in [0.717, 1.165) is 24.6 Å². The van der Waals surface area contributed by atoms with Crippen molar-refractivity contribution >= 4 is 17.3 Å². The van der Waals surface area contributed by atoms with E-state index in [9.17, 15) is 0 Å². The largest absolute Gasteiger partial charge is 0.363 e. The summed E-state index contributed by atoms with van der Waals surface area (Å²) in [5.74, 6) is 0.578. The van der Waals surface area contributed by atoms with E-state index < -0.39 is 0 Å². The number of nitrogens with zero attached hydrogens (tertiary/aromatic N) is 1. The van der Waals surface area contributed by atoms with Crippen LogP contribution in [0.1, 0.15) is 27.2 Å². The fourth-order valence-electron chi connectivity index (χ4n) is 1.27. The third-order valence-corrected chi connectivity index (χ3v) is 2.48. The average molecular weight is 231 g/mol. The monoisotopic (exact) mass is 231 g/mol. The van der Waals surface area contributed by atoms with Crippen molar-refractivity contribution in [2.24, 2.45) is 5.92 Å². The summed E-state index contributed by atoms with van der Waals surface area (Å²) in [6.45, 7) is 8.51. The molecule has 0 aliphatic carbocycles. The Morgan fingerprint density at radius 1 is 1.33 bits per heavy atom. The quantitative estimate of drug-likeness (QED) is 0.677. The van der Waals surface area contributed by atoms with Gasteiger partial charge in [-0.25, -0.2) is 0 Å². The van der Waals surface area contributed by atoms with Gasteiger partial charge in [-0.1, -0.05) is 20.8 Å². The maximum absolute atomic E-state index is 5.23. The first-order chi connectivity index (χ1) is 6.97. The predicted octanol–water partition coefficient (Wildman–Crippen LogP) is 1.45. The second-order valence-electron chi connectivity index (χ2n) is 4.51. The van der Waals surface area contributed by atoms with Crippen molar-refractivity contribution in [3.05, 3.63) is 0 Å². The van der Waals surface area contributed by atoms with E-state index >= 15 is 0 Å². The zero-order chi connectivity index (χ0) is 11.8. The van der Waals surface area contributed by atoms with Gasteiger partial charge in [-0.15, -0.1) is 0 Å². The summed E-state index contributed by atoms with van der Waals surface area (Å²) < 4.78 is 0. The minimum Gasteiger partial charge on any atom is -0.363 e. The van der Waals surface area contributed by atoms with E-state index in [4.69, 9.17) is 12.2 Å². The molecule has 4 heteroatoms. The van der Waals surface area contributed by atoms with Gasteiger partial charge in [0, 0.05) is 19.1 Å². The summed E-state index contributed by atoms with van der Waals surface area (Å²) in [5.41, 5.74) is 0. The molecule has 3 nitrogen and oxygen atoms in total. The van der Waals surface area contributed by atoms with Crippen LogP contribution >= 0.6 is 12.2 Å². The number of hydrogen-bond donors (Lipinski definition) is 2. The molecule has 1 unspecified atom stereocenters. The molecule has 0 amide bonds. The van der Waals surface area contributed by atoms with Gasteiger partial charge in [-0.2, -0.15) is 0 Å². The van der Waals surface area contributed by atoms with Gasteiger partial charge in [-0.3, -0.25) is 0 Å². The van der Waals surface area contributed by atoms with Crippen LogP contribution in [0.2, 0.25) is 0 Å². The fourth-order valence-corrected chi connectivity index (χ4v) is 1.53. The Labute approximate surface area is 99.6 Å². The highest BCUT2D eigenvalue weighted by atomic mass is 32.1. The van der Waals surface area contributed by atoms with Crippen LogP contribution in [0.4, 0.5) is 0 Å². The number of hydrogen-bond acceptors (Lipinski definition) is 2. The molecule has 0 aromatic rings. The lowest BCUT2D eigenvalue weighted by molar-refractivity contribution is 0.312. The summed E-state index contributed by atoms with van der Waals surface area (Å²) in [6.07, 6.45) is 1.10. The van der Waals surface area contributed by atoms with E-state index in [0.29, 0.717) is 12.0 Å². The zero-order valence-corrected chi connectivity index (χ0v) is 11.4. The summed E-state index contributed by atoms with van der Waals surface area (Å²) in [4.78, 5) is 2.18. The highest BCUT2D eigenvalue weighted by Gasteiger charge is 2.14. The summed E-state index contributed by atoms with van der Waals surface area (Å²) in [7, 11) is 4.17. The number of thiocarbonyl (C=S) groups is 1. The lowest BCUT2D eigenvalue weighted by Crippen LogP contribution is -2.48. The third kappa shape index (κ3) is 7.56. The molecular formula is C11H25N3S. The van der Waals surface area contributed by atoms with Crippen LogP contribution in [0, 0.1) is 5.92 Å². The highest BCUT2D eigenvalue weighted by Crippen LogP contribution is 2.02. The van der Waals surface area contributed by atoms with Crippen molar-refractivity contribution in [1.29, 1.82) is 0 Å². The Bertz CT molecular complexity index is 181. The molecular weight excluding hydrogens is 206 g/mol. The van der Waals surface area contributed by atoms with Crippen LogP contribution in [0.3, 0.4) is 0 Å². The molecule has 0 heterocycles. The molecule has 0 saturated heterocycles. The first kappa shape index (κ1) is 14.6. The van der Waals surface area contributed by atoms with Crippen LogP contribution in [-0.2, 0) is 0 Å². The standard InChI is InChI=1S/C11H25N3S/c1-6-7-12-11(15)13-10(9(2)3)8-14(4)5/h9-10H,6-8H2,1-5H3,(H2,12,13,15). The van der Waals surface area contributed by atoms with E-state index in [1.54, 1.807) is 0 Å². The first-order valence-electron chi connectivity index (χ1n) is 5.66.